The van der Waals surface area contributed by atoms with Crippen molar-refractivity contribution in [3.05, 3.63) is 0 Å². The summed E-state index contributed by atoms with van der Waals surface area (Å²) in [7, 11) is 0. The zero-order valence-electron chi connectivity index (χ0n) is 2.68. The molecule has 3 heteroatoms. The monoisotopic (exact) mass is 93.0 g/mol. The lowest BCUT2D eigenvalue weighted by atomic mass is 10.9. The van der Waals surface area contributed by atoms with Crippen LogP contribution in [0, 0.1) is 0 Å². The van der Waals surface area contributed by atoms with E-state index in [0.717, 1.165) is 0 Å². The number of hydrogen-bond acceptors (Lipinski definition) is 2. The molecule has 0 atom stereocenters. The summed E-state index contributed by atoms with van der Waals surface area (Å²) in [6.07, 6.45) is 0. The Bertz CT molecular complexity index is 15.1. The van der Waals surface area contributed by atoms with Gasteiger partial charge < -0.3 is 5.11 Å². The molecule has 0 amide bonds. The highest BCUT2D eigenvalue weighted by Gasteiger charge is 1.73. The molecule has 0 aliphatic heterocycles. The van der Waals surface area contributed by atoms with E-state index in [1.807, 2.05) is 0 Å². The number of aliphatic hydroxyl groups excluding tert-OH is 1. The van der Waals surface area contributed by atoms with Gasteiger partial charge in [-0.2, -0.15) is 4.55 Å². The lowest BCUT2D eigenvalue weighted by Gasteiger charge is -1.75. The van der Waals surface area contributed by atoms with Crippen molar-refractivity contribution in [3.63, 3.8) is 0 Å². The fourth-order valence-electron chi connectivity index (χ4n) is 0.0373. The van der Waals surface area contributed by atoms with Crippen LogP contribution in [0.2, 0.25) is 0 Å². The molecule has 0 fully saturated rings. The van der Waals surface area contributed by atoms with Crippen molar-refractivity contribution in [3.8, 4) is 0 Å². The van der Waals surface area contributed by atoms with Gasteiger partial charge in [-0.1, -0.05) is 0 Å². The summed E-state index contributed by atoms with van der Waals surface area (Å²) >= 11 is 0.402. The van der Waals surface area contributed by atoms with E-state index < -0.39 is 0 Å². The van der Waals surface area contributed by atoms with Crippen LogP contribution < -0.4 is 0 Å². The van der Waals surface area contributed by atoms with E-state index in [2.05, 4.69) is 0 Å². The van der Waals surface area contributed by atoms with Crippen LogP contribution in [0.4, 0.5) is 0 Å². The third kappa shape index (κ3) is 4.27. The van der Waals surface area contributed by atoms with E-state index in [-0.39, 0.29) is 6.61 Å². The molecule has 1 radical (unpaired) electrons. The lowest BCUT2D eigenvalue weighted by molar-refractivity contribution is 0.320. The third-order valence-electron chi connectivity index (χ3n) is 0.175. The first-order chi connectivity index (χ1) is 2.41. The lowest BCUT2D eigenvalue weighted by Crippen LogP contribution is -1.80. The van der Waals surface area contributed by atoms with Crippen molar-refractivity contribution in [2.45, 2.75) is 0 Å². The molecule has 0 heterocycles. The molecule has 2 nitrogen and oxygen atoms in total. The van der Waals surface area contributed by atoms with Crippen molar-refractivity contribution in [2.75, 3.05) is 12.4 Å². The molecule has 0 aliphatic rings. The van der Waals surface area contributed by atoms with Crippen LogP contribution in [0.3, 0.4) is 0 Å². The van der Waals surface area contributed by atoms with Gasteiger partial charge in [0.25, 0.3) is 0 Å². The second-order valence-corrected chi connectivity index (χ2v) is 1.19. The number of aliphatic hydroxyl groups is 1. The van der Waals surface area contributed by atoms with Crippen LogP contribution >= 0.6 is 12.0 Å². The van der Waals surface area contributed by atoms with Gasteiger partial charge in [-0.25, -0.2) is 0 Å². The Morgan fingerprint density at radius 2 is 2.40 bits per heavy atom. The molecule has 0 aromatic rings. The summed E-state index contributed by atoms with van der Waals surface area (Å²) in [5.41, 5.74) is 0. The predicted octanol–water partition coefficient (Wildman–Crippen LogP) is 0.0574. The van der Waals surface area contributed by atoms with Gasteiger partial charge in [0.15, 0.2) is 0 Å². The van der Waals surface area contributed by atoms with Crippen molar-refractivity contribution >= 4 is 12.0 Å². The molecule has 0 spiro atoms. The molecule has 0 aliphatic carbocycles. The molecule has 1 N–H and O–H groups in total. The molecule has 0 unspecified atom stereocenters. The average molecular weight is 93.1 g/mol. The Balaban J connectivity index is 2.19. The molecule has 0 aromatic heterocycles. The largest absolute Gasteiger partial charge is 0.395 e. The highest BCUT2D eigenvalue weighted by Crippen LogP contribution is 1.86. The van der Waals surface area contributed by atoms with Gasteiger partial charge in [-0.3, -0.25) is 0 Å². The zero-order chi connectivity index (χ0) is 4.12. The second-order valence-electron chi connectivity index (χ2n) is 0.546. The molecule has 0 aromatic carbocycles. The molecular weight excluding hydrogens is 88.1 g/mol. The average Bonchev–Trinajstić information content (AvgIpc) is 1.41. The van der Waals surface area contributed by atoms with Crippen molar-refractivity contribution < 1.29 is 9.66 Å². The molecule has 0 saturated heterocycles. The summed E-state index contributed by atoms with van der Waals surface area (Å²) < 4.78 is 9.29. The summed E-state index contributed by atoms with van der Waals surface area (Å²) in [6.45, 7) is -0.00579. The Hall–Kier alpha value is 0.270. The Morgan fingerprint density at radius 3 is 2.40 bits per heavy atom. The van der Waals surface area contributed by atoms with Gasteiger partial charge in [0.2, 0.25) is 0 Å². The standard InChI is InChI=1S/C2H5O2S/c3-1-2-5-4/h3H,1-2H2. The first-order valence-corrected chi connectivity index (χ1v) is 2.18. The number of rotatable bonds is 2. The predicted molar refractivity (Wildman–Crippen MR) is 20.2 cm³/mol. The maximum absolute atomic E-state index is 9.29. The number of hydrogen-bond donors (Lipinski definition) is 1. The van der Waals surface area contributed by atoms with E-state index in [0.29, 0.717) is 17.8 Å². The van der Waals surface area contributed by atoms with Gasteiger partial charge in [0, 0.05) is 17.8 Å². The summed E-state index contributed by atoms with van der Waals surface area (Å²) in [5, 5.41) is 7.85. The van der Waals surface area contributed by atoms with Gasteiger partial charge in [0.05, 0.1) is 6.61 Å². The van der Waals surface area contributed by atoms with E-state index in [4.69, 9.17) is 5.11 Å². The Kier molecular flexibility index (Phi) is 4.50. The van der Waals surface area contributed by atoms with Crippen LogP contribution in [-0.4, -0.2) is 17.5 Å². The highest BCUT2D eigenvalue weighted by molar-refractivity contribution is 7.93. The van der Waals surface area contributed by atoms with Crippen molar-refractivity contribution in [1.29, 1.82) is 0 Å². The van der Waals surface area contributed by atoms with Crippen LogP contribution in [0.15, 0.2) is 0 Å². The smallest absolute Gasteiger partial charge is 0.0545 e. The molecule has 5 heavy (non-hydrogen) atoms. The molecule has 0 saturated carbocycles. The minimum atomic E-state index is -0.00579. The maximum atomic E-state index is 9.29. The SMILES string of the molecule is [O]SCCO. The topological polar surface area (TPSA) is 40.1 Å². The zero-order valence-corrected chi connectivity index (χ0v) is 3.49. The summed E-state index contributed by atoms with van der Waals surface area (Å²) in [6, 6.07) is 0. The summed E-state index contributed by atoms with van der Waals surface area (Å²) in [4.78, 5) is 0. The van der Waals surface area contributed by atoms with Crippen LogP contribution in [0.25, 0.3) is 0 Å². The van der Waals surface area contributed by atoms with Crippen molar-refractivity contribution in [2.24, 2.45) is 0 Å². The quantitative estimate of drug-likeness (QED) is 0.490. The normalized spacial score (nSPS) is 8.40. The van der Waals surface area contributed by atoms with Crippen LogP contribution in [-0.2, 0) is 4.55 Å². The second kappa shape index (κ2) is 4.27. The first kappa shape index (κ1) is 5.27. The maximum Gasteiger partial charge on any atom is 0.0545 e. The minimum Gasteiger partial charge on any atom is -0.395 e. The third-order valence-corrected chi connectivity index (χ3v) is 0.524. The van der Waals surface area contributed by atoms with E-state index in [1.54, 1.807) is 0 Å². The molecule has 0 bridgehead atoms. The Morgan fingerprint density at radius 1 is 1.80 bits per heavy atom. The van der Waals surface area contributed by atoms with Gasteiger partial charge >= 0.3 is 0 Å². The van der Waals surface area contributed by atoms with Gasteiger partial charge in [-0.05, 0) is 0 Å². The minimum absolute atomic E-state index is 0.00579. The highest BCUT2D eigenvalue weighted by atomic mass is 32.2. The van der Waals surface area contributed by atoms with Crippen molar-refractivity contribution in [1.82, 2.24) is 0 Å². The van der Waals surface area contributed by atoms with E-state index in [1.165, 1.54) is 0 Å². The van der Waals surface area contributed by atoms with E-state index in [9.17, 15) is 4.55 Å². The van der Waals surface area contributed by atoms with Crippen LogP contribution in [0.1, 0.15) is 0 Å². The fraction of sp³-hybridized carbons (Fsp3) is 1.00. The molecular formula is C2H5O2S. The Labute approximate surface area is 35.0 Å². The van der Waals surface area contributed by atoms with Gasteiger partial charge in [0.1, 0.15) is 0 Å². The fourth-order valence-corrected chi connectivity index (χ4v) is 0.112. The van der Waals surface area contributed by atoms with Crippen LogP contribution in [0.5, 0.6) is 0 Å². The van der Waals surface area contributed by atoms with Gasteiger partial charge in [-0.15, -0.1) is 0 Å². The summed E-state index contributed by atoms with van der Waals surface area (Å²) in [5.74, 6) is 0.306. The molecule has 0 rings (SSSR count). The first-order valence-electron chi connectivity index (χ1n) is 1.27. The van der Waals surface area contributed by atoms with E-state index >= 15 is 0 Å². The molecule has 31 valence electrons.